The van der Waals surface area contributed by atoms with E-state index in [1.54, 1.807) is 6.07 Å². The highest BCUT2D eigenvalue weighted by Gasteiger charge is 2.18. The van der Waals surface area contributed by atoms with Crippen LogP contribution < -0.4 is 15.4 Å². The van der Waals surface area contributed by atoms with E-state index in [0.29, 0.717) is 23.4 Å². The van der Waals surface area contributed by atoms with E-state index in [9.17, 15) is 4.79 Å². The van der Waals surface area contributed by atoms with E-state index in [1.165, 1.54) is 0 Å². The molecule has 0 radical (unpaired) electrons. The molecule has 37 heavy (non-hydrogen) atoms. The van der Waals surface area contributed by atoms with Crippen molar-refractivity contribution in [3.8, 4) is 17.0 Å². The van der Waals surface area contributed by atoms with E-state index in [4.69, 9.17) is 24.9 Å². The van der Waals surface area contributed by atoms with E-state index < -0.39 is 5.91 Å². The number of hydrogen-bond acceptors (Lipinski definition) is 7. The second-order valence-electron chi connectivity index (χ2n) is 9.43. The molecule has 6 rings (SSSR count). The van der Waals surface area contributed by atoms with Gasteiger partial charge in [0.1, 0.15) is 12.4 Å². The van der Waals surface area contributed by atoms with Gasteiger partial charge in [0.25, 0.3) is 5.91 Å². The molecule has 4 aromatic rings. The molecule has 0 saturated carbocycles. The molecule has 0 aliphatic carbocycles. The number of aromatic amines is 1. The van der Waals surface area contributed by atoms with Crippen LogP contribution in [0.15, 0.2) is 48.5 Å². The number of nitrogens with two attached hydrogens (primary N) is 1. The number of H-pyrrole nitrogens is 1. The van der Waals surface area contributed by atoms with Gasteiger partial charge in [-0.1, -0.05) is 12.1 Å². The molecule has 192 valence electrons. The molecule has 4 heterocycles. The van der Waals surface area contributed by atoms with Crippen molar-refractivity contribution in [2.24, 2.45) is 5.73 Å². The lowest BCUT2D eigenvalue weighted by Crippen LogP contribution is -2.38. The van der Waals surface area contributed by atoms with Crippen LogP contribution in [0, 0.1) is 0 Å². The SMILES string of the molecule is NC(=O)c1cc(-c2cccc(OCCN3CCOCC3)c2)nc2c1[nH]c1cc(N3CCOCC3)ccc12. The number of nitrogens with zero attached hydrogens (tertiary/aromatic N) is 3. The molecular formula is C28H31N5O4. The first-order valence-corrected chi connectivity index (χ1v) is 12.8. The average Bonchev–Trinajstić information content (AvgIpc) is 3.31. The number of nitrogens with one attached hydrogen (secondary N) is 1. The summed E-state index contributed by atoms with van der Waals surface area (Å²) in [7, 11) is 0. The van der Waals surface area contributed by atoms with Crippen LogP contribution in [0.25, 0.3) is 33.2 Å². The zero-order valence-corrected chi connectivity index (χ0v) is 20.7. The molecule has 0 atom stereocenters. The fourth-order valence-corrected chi connectivity index (χ4v) is 5.07. The van der Waals surface area contributed by atoms with Crippen LogP contribution >= 0.6 is 0 Å². The molecule has 2 fully saturated rings. The monoisotopic (exact) mass is 501 g/mol. The summed E-state index contributed by atoms with van der Waals surface area (Å²) in [6.07, 6.45) is 0. The highest BCUT2D eigenvalue weighted by atomic mass is 16.5. The maximum absolute atomic E-state index is 12.5. The molecule has 9 heteroatoms. The highest BCUT2D eigenvalue weighted by Crippen LogP contribution is 2.33. The summed E-state index contributed by atoms with van der Waals surface area (Å²) in [5.74, 6) is 0.272. The Kier molecular flexibility index (Phi) is 6.65. The number of carbonyl (C=O) groups excluding carboxylic acids is 1. The third-order valence-electron chi connectivity index (χ3n) is 7.09. The molecule has 2 aromatic heterocycles. The lowest BCUT2D eigenvalue weighted by molar-refractivity contribution is 0.0322. The molecule has 2 saturated heterocycles. The second-order valence-corrected chi connectivity index (χ2v) is 9.43. The summed E-state index contributed by atoms with van der Waals surface area (Å²) in [6.45, 7) is 8.00. The number of fused-ring (bicyclic) bond motifs is 3. The predicted molar refractivity (Wildman–Crippen MR) is 143 cm³/mol. The van der Waals surface area contributed by atoms with E-state index in [1.807, 2.05) is 24.3 Å². The Bertz CT molecular complexity index is 1420. The van der Waals surface area contributed by atoms with Gasteiger partial charge in [0.2, 0.25) is 0 Å². The van der Waals surface area contributed by atoms with Gasteiger partial charge in [0.05, 0.1) is 54.2 Å². The number of hydrogen-bond donors (Lipinski definition) is 2. The van der Waals surface area contributed by atoms with Crippen molar-refractivity contribution in [1.82, 2.24) is 14.9 Å². The molecule has 3 N–H and O–H groups in total. The van der Waals surface area contributed by atoms with Crippen LogP contribution in [0.5, 0.6) is 5.75 Å². The maximum atomic E-state index is 12.5. The Morgan fingerprint density at radius 3 is 2.57 bits per heavy atom. The summed E-state index contributed by atoms with van der Waals surface area (Å²) in [6, 6.07) is 15.8. The molecular weight excluding hydrogens is 470 g/mol. The summed E-state index contributed by atoms with van der Waals surface area (Å²) in [5.41, 5.74) is 11.2. The summed E-state index contributed by atoms with van der Waals surface area (Å²) in [5, 5.41) is 0.953. The smallest absolute Gasteiger partial charge is 0.250 e. The van der Waals surface area contributed by atoms with Crippen molar-refractivity contribution in [2.45, 2.75) is 0 Å². The molecule has 0 bridgehead atoms. The van der Waals surface area contributed by atoms with Crippen molar-refractivity contribution in [1.29, 1.82) is 0 Å². The van der Waals surface area contributed by atoms with Crippen molar-refractivity contribution >= 4 is 33.5 Å². The summed E-state index contributed by atoms with van der Waals surface area (Å²) in [4.78, 5) is 25.5. The van der Waals surface area contributed by atoms with Crippen molar-refractivity contribution in [2.75, 3.05) is 70.7 Å². The maximum Gasteiger partial charge on any atom is 0.250 e. The van der Waals surface area contributed by atoms with Crippen molar-refractivity contribution < 1.29 is 19.0 Å². The number of morpholine rings is 2. The number of carbonyl (C=O) groups is 1. The second kappa shape index (κ2) is 10.4. The first-order chi connectivity index (χ1) is 18.2. The Balaban J connectivity index is 1.31. The standard InChI is InChI=1S/C28H31N5O4/c29-28(34)23-18-24(19-2-1-3-21(16-19)37-15-8-32-6-11-35-12-7-32)30-26-22-5-4-20(17-25(22)31-27(23)26)33-9-13-36-14-10-33/h1-5,16-18,31H,6-15H2,(H2,29,34). The molecule has 2 aliphatic heterocycles. The summed E-state index contributed by atoms with van der Waals surface area (Å²) >= 11 is 0. The van der Waals surface area contributed by atoms with Gasteiger partial charge >= 0.3 is 0 Å². The van der Waals surface area contributed by atoms with Crippen LogP contribution in [0.4, 0.5) is 5.69 Å². The molecule has 0 unspecified atom stereocenters. The number of primary amides is 1. The largest absolute Gasteiger partial charge is 0.492 e. The topological polar surface area (TPSA) is 106 Å². The van der Waals surface area contributed by atoms with Crippen LogP contribution in [-0.4, -0.2) is 86.5 Å². The number of ether oxygens (including phenoxy) is 3. The van der Waals surface area contributed by atoms with Gasteiger partial charge in [-0.2, -0.15) is 0 Å². The molecule has 2 aromatic carbocycles. The van der Waals surface area contributed by atoms with Gasteiger partial charge in [-0.05, 0) is 36.4 Å². The van der Waals surface area contributed by atoms with Crippen LogP contribution in [0.3, 0.4) is 0 Å². The van der Waals surface area contributed by atoms with E-state index in [0.717, 1.165) is 92.6 Å². The highest BCUT2D eigenvalue weighted by molar-refractivity contribution is 6.14. The normalized spacial score (nSPS) is 16.9. The quantitative estimate of drug-likeness (QED) is 0.401. The van der Waals surface area contributed by atoms with E-state index in [2.05, 4.69) is 33.0 Å². The number of amides is 1. The van der Waals surface area contributed by atoms with Gasteiger partial charge in [-0.25, -0.2) is 4.98 Å². The first-order valence-electron chi connectivity index (χ1n) is 12.8. The molecule has 9 nitrogen and oxygen atoms in total. The Labute approximate surface area is 215 Å². The minimum Gasteiger partial charge on any atom is -0.492 e. The minimum atomic E-state index is -0.494. The Morgan fingerprint density at radius 2 is 1.78 bits per heavy atom. The van der Waals surface area contributed by atoms with Crippen molar-refractivity contribution in [3.05, 3.63) is 54.1 Å². The lowest BCUT2D eigenvalue weighted by Gasteiger charge is -2.28. The number of pyridine rings is 1. The fraction of sp³-hybridized carbons (Fsp3) is 0.357. The Hall–Kier alpha value is -3.66. The van der Waals surface area contributed by atoms with Crippen LogP contribution in [0.2, 0.25) is 0 Å². The number of aromatic nitrogens is 2. The predicted octanol–water partition coefficient (Wildman–Crippen LogP) is 3.03. The zero-order valence-electron chi connectivity index (χ0n) is 20.7. The molecule has 1 amide bonds. The van der Waals surface area contributed by atoms with E-state index in [-0.39, 0.29) is 0 Å². The van der Waals surface area contributed by atoms with Crippen molar-refractivity contribution in [3.63, 3.8) is 0 Å². The van der Waals surface area contributed by atoms with Gasteiger partial charge < -0.3 is 29.8 Å². The van der Waals surface area contributed by atoms with Crippen LogP contribution in [0.1, 0.15) is 10.4 Å². The number of rotatable bonds is 7. The van der Waals surface area contributed by atoms with Crippen LogP contribution in [-0.2, 0) is 9.47 Å². The number of benzene rings is 2. The lowest BCUT2D eigenvalue weighted by atomic mass is 10.1. The van der Waals surface area contributed by atoms with E-state index >= 15 is 0 Å². The first kappa shape index (κ1) is 23.7. The van der Waals surface area contributed by atoms with Gasteiger partial charge in [0.15, 0.2) is 0 Å². The van der Waals surface area contributed by atoms with Gasteiger partial charge in [-0.3, -0.25) is 9.69 Å². The third kappa shape index (κ3) is 4.98. The van der Waals surface area contributed by atoms with Gasteiger partial charge in [0, 0.05) is 49.4 Å². The average molecular weight is 502 g/mol. The Morgan fingerprint density at radius 1 is 1.00 bits per heavy atom. The van der Waals surface area contributed by atoms with Gasteiger partial charge in [-0.15, -0.1) is 0 Å². The number of anilines is 1. The summed E-state index contributed by atoms with van der Waals surface area (Å²) < 4.78 is 16.9. The minimum absolute atomic E-state index is 0.419. The molecule has 0 spiro atoms. The fourth-order valence-electron chi connectivity index (χ4n) is 5.07. The zero-order chi connectivity index (χ0) is 25.2. The third-order valence-corrected chi connectivity index (χ3v) is 7.09. The molecule has 2 aliphatic rings.